The van der Waals surface area contributed by atoms with Gasteiger partial charge in [0.15, 0.2) is 0 Å². The van der Waals surface area contributed by atoms with Gasteiger partial charge in [-0.05, 0) is 12.1 Å². The monoisotopic (exact) mass is 290 g/mol. The van der Waals surface area contributed by atoms with E-state index in [-0.39, 0.29) is 11.5 Å². The SMILES string of the molecule is CCNS(=O)(=O)CCNCc1ccc(C(=O)OC)o1. The van der Waals surface area contributed by atoms with E-state index in [1.54, 1.807) is 13.0 Å². The van der Waals surface area contributed by atoms with Gasteiger partial charge in [0.1, 0.15) is 5.76 Å². The first-order valence-corrected chi connectivity index (χ1v) is 7.49. The lowest BCUT2D eigenvalue weighted by Gasteiger charge is -2.05. The Kier molecular flexibility index (Phi) is 6.00. The Morgan fingerprint density at radius 1 is 1.42 bits per heavy atom. The lowest BCUT2D eigenvalue weighted by Crippen LogP contribution is -2.31. The molecule has 0 spiro atoms. The Bertz CT molecular complexity index is 509. The zero-order valence-electron chi connectivity index (χ0n) is 10.9. The summed E-state index contributed by atoms with van der Waals surface area (Å²) in [6.07, 6.45) is 0. The molecule has 8 heteroatoms. The summed E-state index contributed by atoms with van der Waals surface area (Å²) in [7, 11) is -1.94. The van der Waals surface area contributed by atoms with Crippen molar-refractivity contribution < 1.29 is 22.4 Å². The average Bonchev–Trinajstić information content (AvgIpc) is 2.82. The summed E-state index contributed by atoms with van der Waals surface area (Å²) in [6.45, 7) is 2.74. The highest BCUT2D eigenvalue weighted by Gasteiger charge is 2.11. The highest BCUT2D eigenvalue weighted by atomic mass is 32.2. The molecule has 7 nitrogen and oxygen atoms in total. The molecule has 1 heterocycles. The van der Waals surface area contributed by atoms with Crippen LogP contribution in [0.5, 0.6) is 0 Å². The second-order valence-corrected chi connectivity index (χ2v) is 5.68. The zero-order valence-corrected chi connectivity index (χ0v) is 11.7. The fourth-order valence-electron chi connectivity index (χ4n) is 1.39. The minimum absolute atomic E-state index is 0.00852. The number of methoxy groups -OCH3 is 1. The molecule has 19 heavy (non-hydrogen) atoms. The van der Waals surface area contributed by atoms with E-state index in [1.807, 2.05) is 0 Å². The molecular weight excluding hydrogens is 272 g/mol. The van der Waals surface area contributed by atoms with Crippen molar-refractivity contribution in [1.82, 2.24) is 10.0 Å². The molecule has 0 fully saturated rings. The van der Waals surface area contributed by atoms with Crippen LogP contribution in [0.25, 0.3) is 0 Å². The fraction of sp³-hybridized carbons (Fsp3) is 0.545. The van der Waals surface area contributed by atoms with Gasteiger partial charge in [-0.25, -0.2) is 17.9 Å². The largest absolute Gasteiger partial charge is 0.463 e. The molecule has 0 saturated heterocycles. The van der Waals surface area contributed by atoms with Crippen molar-refractivity contribution in [3.8, 4) is 0 Å². The van der Waals surface area contributed by atoms with Gasteiger partial charge in [-0.3, -0.25) is 0 Å². The highest BCUT2D eigenvalue weighted by molar-refractivity contribution is 7.89. The maximum Gasteiger partial charge on any atom is 0.373 e. The first-order chi connectivity index (χ1) is 8.98. The van der Waals surface area contributed by atoms with Crippen LogP contribution in [0.3, 0.4) is 0 Å². The minimum atomic E-state index is -3.22. The van der Waals surface area contributed by atoms with E-state index in [2.05, 4.69) is 14.8 Å². The van der Waals surface area contributed by atoms with Crippen LogP contribution in [0.15, 0.2) is 16.5 Å². The van der Waals surface area contributed by atoms with E-state index in [0.29, 0.717) is 25.4 Å². The van der Waals surface area contributed by atoms with Crippen molar-refractivity contribution in [2.24, 2.45) is 0 Å². The van der Waals surface area contributed by atoms with Crippen molar-refractivity contribution in [1.29, 1.82) is 0 Å². The maximum atomic E-state index is 11.3. The van der Waals surface area contributed by atoms with Gasteiger partial charge >= 0.3 is 5.97 Å². The minimum Gasteiger partial charge on any atom is -0.463 e. The third-order valence-corrected chi connectivity index (χ3v) is 3.73. The molecule has 0 amide bonds. The molecule has 0 aliphatic carbocycles. The first kappa shape index (κ1) is 15.7. The Morgan fingerprint density at radius 2 is 2.16 bits per heavy atom. The molecule has 0 aromatic carbocycles. The number of rotatable bonds is 8. The smallest absolute Gasteiger partial charge is 0.373 e. The third-order valence-electron chi connectivity index (χ3n) is 2.26. The molecule has 0 radical (unpaired) electrons. The zero-order chi connectivity index (χ0) is 14.3. The summed E-state index contributed by atoms with van der Waals surface area (Å²) in [5.41, 5.74) is 0. The van der Waals surface area contributed by atoms with Gasteiger partial charge in [0.2, 0.25) is 15.8 Å². The number of carbonyl (C=O) groups is 1. The van der Waals surface area contributed by atoms with Gasteiger partial charge < -0.3 is 14.5 Å². The van der Waals surface area contributed by atoms with Crippen molar-refractivity contribution in [3.63, 3.8) is 0 Å². The predicted molar refractivity (Wildman–Crippen MR) is 69.2 cm³/mol. The van der Waals surface area contributed by atoms with Gasteiger partial charge in [0, 0.05) is 13.1 Å². The van der Waals surface area contributed by atoms with Crippen LogP contribution < -0.4 is 10.0 Å². The summed E-state index contributed by atoms with van der Waals surface area (Å²) >= 11 is 0. The third kappa shape index (κ3) is 5.41. The normalized spacial score (nSPS) is 11.5. The number of sulfonamides is 1. The van der Waals surface area contributed by atoms with Crippen LogP contribution in [-0.4, -0.2) is 40.3 Å². The van der Waals surface area contributed by atoms with Crippen LogP contribution in [0.4, 0.5) is 0 Å². The van der Waals surface area contributed by atoms with Crippen LogP contribution in [-0.2, 0) is 21.3 Å². The average molecular weight is 290 g/mol. The van der Waals surface area contributed by atoms with Crippen molar-refractivity contribution >= 4 is 16.0 Å². The summed E-state index contributed by atoms with van der Waals surface area (Å²) < 4.78 is 34.8. The Labute approximate surface area is 112 Å². The molecule has 2 N–H and O–H groups in total. The summed E-state index contributed by atoms with van der Waals surface area (Å²) in [5.74, 6) is 0.118. The number of hydrogen-bond donors (Lipinski definition) is 2. The Morgan fingerprint density at radius 3 is 2.79 bits per heavy atom. The van der Waals surface area contributed by atoms with E-state index in [4.69, 9.17) is 4.42 Å². The van der Waals surface area contributed by atoms with E-state index in [1.165, 1.54) is 13.2 Å². The van der Waals surface area contributed by atoms with E-state index in [0.717, 1.165) is 0 Å². The number of carbonyl (C=O) groups excluding carboxylic acids is 1. The summed E-state index contributed by atoms with van der Waals surface area (Å²) in [4.78, 5) is 11.1. The highest BCUT2D eigenvalue weighted by Crippen LogP contribution is 2.08. The number of nitrogens with one attached hydrogen (secondary N) is 2. The summed E-state index contributed by atoms with van der Waals surface area (Å²) in [6, 6.07) is 3.15. The number of esters is 1. The molecule has 1 rings (SSSR count). The van der Waals surface area contributed by atoms with Gasteiger partial charge in [0.05, 0.1) is 19.4 Å². The molecule has 0 aliphatic rings. The van der Waals surface area contributed by atoms with Crippen LogP contribution in [0.1, 0.15) is 23.2 Å². The van der Waals surface area contributed by atoms with Crippen molar-refractivity contribution in [3.05, 3.63) is 23.7 Å². The van der Waals surface area contributed by atoms with Gasteiger partial charge in [-0.15, -0.1) is 0 Å². The van der Waals surface area contributed by atoms with Crippen LogP contribution >= 0.6 is 0 Å². The van der Waals surface area contributed by atoms with E-state index < -0.39 is 16.0 Å². The predicted octanol–water partition coefficient (Wildman–Crippen LogP) is 0.0951. The maximum absolute atomic E-state index is 11.3. The molecule has 0 aliphatic heterocycles. The number of ether oxygens (including phenoxy) is 1. The quantitative estimate of drug-likeness (QED) is 0.520. The van der Waals surface area contributed by atoms with E-state index in [9.17, 15) is 13.2 Å². The molecule has 0 saturated carbocycles. The van der Waals surface area contributed by atoms with Gasteiger partial charge in [-0.2, -0.15) is 0 Å². The lowest BCUT2D eigenvalue weighted by molar-refractivity contribution is 0.0563. The van der Waals surface area contributed by atoms with Crippen LogP contribution in [0, 0.1) is 0 Å². The van der Waals surface area contributed by atoms with Crippen molar-refractivity contribution in [2.75, 3.05) is 26.0 Å². The molecule has 108 valence electrons. The first-order valence-electron chi connectivity index (χ1n) is 5.83. The Hall–Kier alpha value is -1.38. The molecule has 1 aromatic rings. The van der Waals surface area contributed by atoms with Crippen LogP contribution in [0.2, 0.25) is 0 Å². The van der Waals surface area contributed by atoms with Gasteiger partial charge in [-0.1, -0.05) is 6.92 Å². The molecule has 1 aromatic heterocycles. The molecular formula is C11H18N2O5S. The molecule has 0 atom stereocenters. The van der Waals surface area contributed by atoms with Crippen molar-refractivity contribution in [2.45, 2.75) is 13.5 Å². The Balaban J connectivity index is 2.34. The second-order valence-electron chi connectivity index (χ2n) is 3.75. The molecule has 0 bridgehead atoms. The number of hydrogen-bond acceptors (Lipinski definition) is 6. The second kappa shape index (κ2) is 7.27. The molecule has 0 unspecified atom stereocenters. The topological polar surface area (TPSA) is 97.6 Å². The summed E-state index contributed by atoms with van der Waals surface area (Å²) in [5, 5.41) is 2.92. The standard InChI is InChI=1S/C11H18N2O5S/c1-3-13-19(15,16)7-6-12-8-9-4-5-10(18-9)11(14)17-2/h4-5,12-13H,3,6-8H2,1-2H3. The van der Waals surface area contributed by atoms with E-state index >= 15 is 0 Å². The lowest BCUT2D eigenvalue weighted by atomic mass is 10.4. The van der Waals surface area contributed by atoms with Gasteiger partial charge in [0.25, 0.3) is 0 Å². The fourth-order valence-corrected chi connectivity index (χ4v) is 2.39. The number of furan rings is 1.